The van der Waals surface area contributed by atoms with E-state index >= 15 is 0 Å². The molecule has 0 bridgehead atoms. The van der Waals surface area contributed by atoms with E-state index in [0.29, 0.717) is 19.3 Å². The van der Waals surface area contributed by atoms with Gasteiger partial charge in [0.15, 0.2) is 5.82 Å². The first-order valence-corrected chi connectivity index (χ1v) is 8.25. The van der Waals surface area contributed by atoms with Gasteiger partial charge in [-0.25, -0.2) is 0 Å². The summed E-state index contributed by atoms with van der Waals surface area (Å²) in [4.78, 5) is 15.3. The van der Waals surface area contributed by atoms with Gasteiger partial charge >= 0.3 is 5.92 Å². The predicted molar refractivity (Wildman–Crippen MR) is 83.8 cm³/mol. The molecule has 8 heteroatoms. The molecular weight excluding hydrogens is 318 g/mol. The number of amides is 1. The van der Waals surface area contributed by atoms with Gasteiger partial charge in [0.25, 0.3) is 5.91 Å². The van der Waals surface area contributed by atoms with Crippen LogP contribution >= 0.6 is 0 Å². The average molecular weight is 340 g/mol. The molecule has 2 fully saturated rings. The van der Waals surface area contributed by atoms with Crippen LogP contribution in [0.15, 0.2) is 18.3 Å². The Labute approximate surface area is 139 Å². The maximum atomic E-state index is 14.3. The summed E-state index contributed by atoms with van der Waals surface area (Å²) in [7, 11) is 1.89. The molecule has 1 N–H and O–H groups in total. The summed E-state index contributed by atoms with van der Waals surface area (Å²) in [5.74, 6) is -4.23. The van der Waals surface area contributed by atoms with Gasteiger partial charge < -0.3 is 14.9 Å². The van der Waals surface area contributed by atoms with Crippen LogP contribution in [-0.4, -0.2) is 63.8 Å². The summed E-state index contributed by atoms with van der Waals surface area (Å²) < 4.78 is 28.6. The predicted octanol–water partition coefficient (Wildman–Crippen LogP) is 1.45. The highest BCUT2D eigenvalue weighted by Gasteiger charge is 2.62. The summed E-state index contributed by atoms with van der Waals surface area (Å²) >= 11 is 0. The van der Waals surface area contributed by atoms with E-state index in [9.17, 15) is 18.7 Å². The number of alkyl halides is 2. The zero-order chi connectivity index (χ0) is 17.4. The number of halogens is 2. The lowest BCUT2D eigenvalue weighted by Crippen LogP contribution is -2.62. The maximum absolute atomic E-state index is 14.3. The minimum absolute atomic E-state index is 0.0163. The molecule has 1 aliphatic carbocycles. The molecule has 0 atom stereocenters. The molecular formula is C16H22F2N4O2. The van der Waals surface area contributed by atoms with Crippen molar-refractivity contribution in [1.82, 2.24) is 15.1 Å². The number of piperidine rings is 1. The zero-order valence-corrected chi connectivity index (χ0v) is 13.7. The highest BCUT2D eigenvalue weighted by Crippen LogP contribution is 2.45. The van der Waals surface area contributed by atoms with Crippen molar-refractivity contribution < 1.29 is 18.7 Å². The van der Waals surface area contributed by atoms with Crippen molar-refractivity contribution in [2.75, 3.05) is 25.0 Å². The highest BCUT2D eigenvalue weighted by molar-refractivity contribution is 5.85. The molecule has 0 unspecified atom stereocenters. The lowest BCUT2D eigenvalue weighted by atomic mass is 9.75. The molecule has 0 aromatic carbocycles. The van der Waals surface area contributed by atoms with E-state index in [2.05, 4.69) is 10.2 Å². The number of carbonyl (C=O) groups is 1. The van der Waals surface area contributed by atoms with E-state index in [0.717, 1.165) is 5.82 Å². The van der Waals surface area contributed by atoms with Crippen molar-refractivity contribution in [2.24, 2.45) is 0 Å². The number of aliphatic hydroxyl groups is 1. The first-order chi connectivity index (χ1) is 11.3. The molecule has 1 aromatic heterocycles. The van der Waals surface area contributed by atoms with Crippen molar-refractivity contribution in [3.63, 3.8) is 0 Å². The Morgan fingerprint density at radius 3 is 2.58 bits per heavy atom. The second kappa shape index (κ2) is 6.23. The van der Waals surface area contributed by atoms with E-state index in [-0.39, 0.29) is 32.0 Å². The van der Waals surface area contributed by atoms with Crippen LogP contribution in [-0.2, 0) is 4.79 Å². The number of anilines is 1. The Hall–Kier alpha value is -1.83. The van der Waals surface area contributed by atoms with Crippen LogP contribution in [0.3, 0.4) is 0 Å². The van der Waals surface area contributed by atoms with Crippen LogP contribution in [0.1, 0.15) is 32.1 Å². The largest absolute Gasteiger partial charge is 0.383 e. The molecule has 1 saturated carbocycles. The lowest BCUT2D eigenvalue weighted by Gasteiger charge is -2.44. The number of nitrogens with zero attached hydrogens (tertiary/aromatic N) is 4. The van der Waals surface area contributed by atoms with Gasteiger partial charge in [0.1, 0.15) is 5.60 Å². The molecule has 0 radical (unpaired) electrons. The Balaban J connectivity index is 1.60. The number of carbonyl (C=O) groups excluding carboxylic acids is 1. The minimum Gasteiger partial charge on any atom is -0.383 e. The standard InChI is InChI=1S/C16H22F2N4O2/c1-21(13-4-2-9-19-20-13)12-5-10-22(11-6-12)14(23)16(17,18)15(24)7-3-8-15/h2,4,9,12,24H,3,5-8,10-11H2,1H3. The number of rotatable bonds is 4. The van der Waals surface area contributed by atoms with Gasteiger partial charge in [0.05, 0.1) is 0 Å². The number of hydrogen-bond donors (Lipinski definition) is 1. The molecule has 1 aromatic rings. The molecule has 24 heavy (non-hydrogen) atoms. The first kappa shape index (κ1) is 17.0. The van der Waals surface area contributed by atoms with E-state index in [1.165, 1.54) is 4.90 Å². The summed E-state index contributed by atoms with van der Waals surface area (Å²) in [5, 5.41) is 17.8. The first-order valence-electron chi connectivity index (χ1n) is 8.25. The minimum atomic E-state index is -3.70. The third-order valence-electron chi connectivity index (χ3n) is 5.25. The summed E-state index contributed by atoms with van der Waals surface area (Å²) in [6.45, 7) is 0.500. The van der Waals surface area contributed by atoms with Crippen LogP contribution in [0.25, 0.3) is 0 Å². The number of likely N-dealkylation sites (tertiary alicyclic amines) is 1. The topological polar surface area (TPSA) is 69.6 Å². The summed E-state index contributed by atoms with van der Waals surface area (Å²) in [6.07, 6.45) is 3.24. The molecule has 1 amide bonds. The fourth-order valence-electron chi connectivity index (χ4n) is 3.35. The second-order valence-electron chi connectivity index (χ2n) is 6.68. The quantitative estimate of drug-likeness (QED) is 0.898. The smallest absolute Gasteiger partial charge is 0.352 e. The molecule has 2 heterocycles. The third-order valence-corrected chi connectivity index (χ3v) is 5.25. The van der Waals surface area contributed by atoms with E-state index in [4.69, 9.17) is 0 Å². The van der Waals surface area contributed by atoms with Gasteiger partial charge in [-0.1, -0.05) is 0 Å². The fourth-order valence-corrected chi connectivity index (χ4v) is 3.35. The molecule has 132 valence electrons. The SMILES string of the molecule is CN(c1cccnn1)C1CCN(C(=O)C(F)(F)C2(O)CCC2)CC1. The van der Waals surface area contributed by atoms with Crippen molar-refractivity contribution in [3.8, 4) is 0 Å². The second-order valence-corrected chi connectivity index (χ2v) is 6.68. The molecule has 0 spiro atoms. The van der Waals surface area contributed by atoms with Gasteiger partial charge in [-0.3, -0.25) is 4.79 Å². The van der Waals surface area contributed by atoms with Crippen molar-refractivity contribution >= 4 is 11.7 Å². The van der Waals surface area contributed by atoms with Crippen LogP contribution in [0.4, 0.5) is 14.6 Å². The van der Waals surface area contributed by atoms with Crippen LogP contribution in [0.5, 0.6) is 0 Å². The Kier molecular flexibility index (Phi) is 4.42. The maximum Gasteiger partial charge on any atom is 0.352 e. The average Bonchev–Trinajstić information content (AvgIpc) is 2.59. The Bertz CT molecular complexity index is 587. The molecule has 2 aliphatic rings. The van der Waals surface area contributed by atoms with Crippen molar-refractivity contribution in [1.29, 1.82) is 0 Å². The van der Waals surface area contributed by atoms with E-state index in [1.54, 1.807) is 12.3 Å². The van der Waals surface area contributed by atoms with Gasteiger partial charge in [0.2, 0.25) is 0 Å². The number of hydrogen-bond acceptors (Lipinski definition) is 5. The number of aromatic nitrogens is 2. The van der Waals surface area contributed by atoms with Crippen molar-refractivity contribution in [3.05, 3.63) is 18.3 Å². The molecule has 3 rings (SSSR count). The molecule has 1 aliphatic heterocycles. The van der Waals surface area contributed by atoms with E-state index < -0.39 is 17.4 Å². The van der Waals surface area contributed by atoms with Gasteiger partial charge in [-0.2, -0.15) is 13.9 Å². The lowest BCUT2D eigenvalue weighted by molar-refractivity contribution is -0.224. The van der Waals surface area contributed by atoms with Crippen LogP contribution in [0.2, 0.25) is 0 Å². The van der Waals surface area contributed by atoms with Gasteiger partial charge in [-0.15, -0.1) is 5.10 Å². The van der Waals surface area contributed by atoms with Crippen LogP contribution in [0, 0.1) is 0 Å². The molecule has 1 saturated heterocycles. The Morgan fingerprint density at radius 2 is 2.08 bits per heavy atom. The summed E-state index contributed by atoms with van der Waals surface area (Å²) in [5.41, 5.74) is -2.16. The van der Waals surface area contributed by atoms with Gasteiger partial charge in [0, 0.05) is 32.4 Å². The summed E-state index contributed by atoms with van der Waals surface area (Å²) in [6, 6.07) is 3.74. The highest BCUT2D eigenvalue weighted by atomic mass is 19.3. The monoisotopic (exact) mass is 340 g/mol. The zero-order valence-electron chi connectivity index (χ0n) is 13.7. The molecule has 6 nitrogen and oxygen atoms in total. The third kappa shape index (κ3) is 2.83. The Morgan fingerprint density at radius 1 is 1.42 bits per heavy atom. The van der Waals surface area contributed by atoms with E-state index in [1.807, 2.05) is 18.0 Å². The van der Waals surface area contributed by atoms with Gasteiger partial charge in [-0.05, 0) is 44.2 Å². The van der Waals surface area contributed by atoms with Crippen molar-refractivity contribution in [2.45, 2.75) is 49.7 Å². The van der Waals surface area contributed by atoms with Crippen LogP contribution < -0.4 is 4.90 Å². The normalized spacial score (nSPS) is 21.2. The fraction of sp³-hybridized carbons (Fsp3) is 0.688.